The molecule has 0 saturated carbocycles. The molecule has 1 aromatic heterocycles. The maximum Gasteiger partial charge on any atom is 0.289 e. The van der Waals surface area contributed by atoms with Gasteiger partial charge in [-0.1, -0.05) is 26.0 Å². The highest BCUT2D eigenvalue weighted by molar-refractivity contribution is 5.63. The molecular weight excluding hydrogens is 250 g/mol. The Labute approximate surface area is 119 Å². The Morgan fingerprint density at radius 3 is 2.50 bits per heavy atom. The van der Waals surface area contributed by atoms with E-state index in [-0.39, 0.29) is 11.2 Å². The largest absolute Gasteiger partial charge is 0.394 e. The topological polar surface area (TPSA) is 60.9 Å². The molecule has 0 amide bonds. The highest BCUT2D eigenvalue weighted by atomic mass is 16.1. The molecular formula is C16H21N3O. The van der Waals surface area contributed by atoms with Crippen molar-refractivity contribution >= 4 is 5.69 Å². The van der Waals surface area contributed by atoms with Crippen molar-refractivity contribution in [2.24, 2.45) is 5.92 Å². The number of nitrogens with zero attached hydrogens (tertiary/aromatic N) is 2. The van der Waals surface area contributed by atoms with E-state index in [1.54, 1.807) is 6.07 Å². The van der Waals surface area contributed by atoms with E-state index in [9.17, 15) is 4.79 Å². The Morgan fingerprint density at radius 2 is 1.90 bits per heavy atom. The average molecular weight is 271 g/mol. The molecule has 2 N–H and O–H groups in total. The SMILES string of the molecule is Cc1ccc(-c2cc(N)c(=O)n(CC(C)C)n2)cc1C. The van der Waals surface area contributed by atoms with Gasteiger partial charge in [0.1, 0.15) is 5.69 Å². The summed E-state index contributed by atoms with van der Waals surface area (Å²) in [4.78, 5) is 12.0. The van der Waals surface area contributed by atoms with Gasteiger partial charge in [-0.25, -0.2) is 4.68 Å². The Bertz CT molecular complexity index is 687. The fraction of sp³-hybridized carbons (Fsp3) is 0.375. The van der Waals surface area contributed by atoms with Crippen molar-refractivity contribution < 1.29 is 0 Å². The minimum absolute atomic E-state index is 0.216. The van der Waals surface area contributed by atoms with Crippen molar-refractivity contribution in [1.82, 2.24) is 9.78 Å². The Balaban J connectivity index is 2.54. The molecule has 2 aromatic rings. The molecule has 0 aliphatic carbocycles. The van der Waals surface area contributed by atoms with Gasteiger partial charge in [-0.2, -0.15) is 5.10 Å². The van der Waals surface area contributed by atoms with Crippen molar-refractivity contribution in [3.63, 3.8) is 0 Å². The van der Waals surface area contributed by atoms with Crippen LogP contribution in [0.25, 0.3) is 11.3 Å². The Kier molecular flexibility index (Phi) is 3.93. The summed E-state index contributed by atoms with van der Waals surface area (Å²) in [5, 5.41) is 4.44. The van der Waals surface area contributed by atoms with E-state index in [1.165, 1.54) is 15.8 Å². The van der Waals surface area contributed by atoms with Crippen LogP contribution in [0.2, 0.25) is 0 Å². The molecule has 0 unspecified atom stereocenters. The Morgan fingerprint density at radius 1 is 1.20 bits per heavy atom. The van der Waals surface area contributed by atoms with Gasteiger partial charge in [-0.3, -0.25) is 4.79 Å². The lowest BCUT2D eigenvalue weighted by Crippen LogP contribution is -2.27. The minimum atomic E-state index is -0.216. The highest BCUT2D eigenvalue weighted by Crippen LogP contribution is 2.20. The molecule has 0 bridgehead atoms. The number of aromatic nitrogens is 2. The second-order valence-electron chi connectivity index (χ2n) is 5.67. The predicted octanol–water partition coefficient (Wildman–Crippen LogP) is 2.77. The zero-order chi connectivity index (χ0) is 14.9. The zero-order valence-corrected chi connectivity index (χ0v) is 12.5. The fourth-order valence-electron chi connectivity index (χ4n) is 2.07. The van der Waals surface area contributed by atoms with Gasteiger partial charge in [-0.05, 0) is 43.0 Å². The number of benzene rings is 1. The van der Waals surface area contributed by atoms with E-state index in [2.05, 4.69) is 31.1 Å². The van der Waals surface area contributed by atoms with Crippen LogP contribution in [0.1, 0.15) is 25.0 Å². The lowest BCUT2D eigenvalue weighted by atomic mass is 10.0. The van der Waals surface area contributed by atoms with Crippen LogP contribution in [0, 0.1) is 19.8 Å². The second-order valence-corrected chi connectivity index (χ2v) is 5.67. The summed E-state index contributed by atoms with van der Waals surface area (Å²) in [6, 6.07) is 7.79. The van der Waals surface area contributed by atoms with Crippen LogP contribution in [-0.4, -0.2) is 9.78 Å². The number of hydrogen-bond donors (Lipinski definition) is 1. The summed E-state index contributed by atoms with van der Waals surface area (Å²) >= 11 is 0. The van der Waals surface area contributed by atoms with E-state index in [0.29, 0.717) is 12.5 Å². The number of hydrogen-bond acceptors (Lipinski definition) is 3. The molecule has 0 aliphatic rings. The van der Waals surface area contributed by atoms with Crippen molar-refractivity contribution in [1.29, 1.82) is 0 Å². The van der Waals surface area contributed by atoms with E-state index >= 15 is 0 Å². The summed E-state index contributed by atoms with van der Waals surface area (Å²) < 4.78 is 1.46. The van der Waals surface area contributed by atoms with Crippen molar-refractivity contribution in [3.05, 3.63) is 45.7 Å². The molecule has 0 radical (unpaired) electrons. The summed E-state index contributed by atoms with van der Waals surface area (Å²) in [6.45, 7) is 8.80. The van der Waals surface area contributed by atoms with Gasteiger partial charge in [0.15, 0.2) is 0 Å². The van der Waals surface area contributed by atoms with E-state index in [1.807, 2.05) is 19.9 Å². The van der Waals surface area contributed by atoms with Crippen LogP contribution in [0.15, 0.2) is 29.1 Å². The van der Waals surface area contributed by atoms with Gasteiger partial charge in [0.05, 0.1) is 5.69 Å². The van der Waals surface area contributed by atoms with Crippen LogP contribution in [0.5, 0.6) is 0 Å². The van der Waals surface area contributed by atoms with Crippen LogP contribution in [-0.2, 0) is 6.54 Å². The van der Waals surface area contributed by atoms with Crippen molar-refractivity contribution in [2.45, 2.75) is 34.2 Å². The molecule has 20 heavy (non-hydrogen) atoms. The number of nitrogens with two attached hydrogens (primary N) is 1. The monoisotopic (exact) mass is 271 g/mol. The standard InChI is InChI=1S/C16H21N3O/c1-10(2)9-19-16(20)14(17)8-15(18-19)13-6-5-11(3)12(4)7-13/h5-8,10H,9,17H2,1-4H3. The van der Waals surface area contributed by atoms with Gasteiger partial charge >= 0.3 is 0 Å². The molecule has 1 aromatic carbocycles. The maximum atomic E-state index is 12.0. The van der Waals surface area contributed by atoms with Gasteiger partial charge in [0, 0.05) is 12.1 Å². The van der Waals surface area contributed by atoms with Crippen molar-refractivity contribution in [2.75, 3.05) is 5.73 Å². The average Bonchev–Trinajstić information content (AvgIpc) is 2.37. The summed E-state index contributed by atoms with van der Waals surface area (Å²) in [7, 11) is 0. The molecule has 0 fully saturated rings. The quantitative estimate of drug-likeness (QED) is 0.933. The summed E-state index contributed by atoms with van der Waals surface area (Å²) in [6.07, 6.45) is 0. The molecule has 1 heterocycles. The Hall–Kier alpha value is -2.10. The van der Waals surface area contributed by atoms with Crippen LogP contribution in [0.3, 0.4) is 0 Å². The third-order valence-corrected chi connectivity index (χ3v) is 3.34. The van der Waals surface area contributed by atoms with Gasteiger partial charge < -0.3 is 5.73 Å². The zero-order valence-electron chi connectivity index (χ0n) is 12.5. The van der Waals surface area contributed by atoms with E-state index < -0.39 is 0 Å². The van der Waals surface area contributed by atoms with Gasteiger partial charge in [0.25, 0.3) is 5.56 Å². The van der Waals surface area contributed by atoms with Crippen molar-refractivity contribution in [3.8, 4) is 11.3 Å². The minimum Gasteiger partial charge on any atom is -0.394 e. The third kappa shape index (κ3) is 2.90. The van der Waals surface area contributed by atoms with Gasteiger partial charge in [0.2, 0.25) is 0 Å². The molecule has 0 saturated heterocycles. The van der Waals surface area contributed by atoms with Crippen LogP contribution < -0.4 is 11.3 Å². The first-order chi connectivity index (χ1) is 9.38. The molecule has 0 spiro atoms. The number of aryl methyl sites for hydroxylation is 2. The van der Waals surface area contributed by atoms with Crippen LogP contribution >= 0.6 is 0 Å². The summed E-state index contributed by atoms with van der Waals surface area (Å²) in [5.74, 6) is 0.342. The highest BCUT2D eigenvalue weighted by Gasteiger charge is 2.09. The first kappa shape index (κ1) is 14.3. The second kappa shape index (κ2) is 5.49. The summed E-state index contributed by atoms with van der Waals surface area (Å²) in [5.41, 5.74) is 10.0. The first-order valence-electron chi connectivity index (χ1n) is 6.83. The number of nitrogen functional groups attached to an aromatic ring is 1. The third-order valence-electron chi connectivity index (χ3n) is 3.34. The molecule has 4 nitrogen and oxygen atoms in total. The lowest BCUT2D eigenvalue weighted by Gasteiger charge is -2.11. The maximum absolute atomic E-state index is 12.0. The molecule has 2 rings (SSSR count). The lowest BCUT2D eigenvalue weighted by molar-refractivity contribution is 0.466. The first-order valence-corrected chi connectivity index (χ1v) is 6.83. The van der Waals surface area contributed by atoms with E-state index in [4.69, 9.17) is 5.73 Å². The molecule has 4 heteroatoms. The number of rotatable bonds is 3. The fourth-order valence-corrected chi connectivity index (χ4v) is 2.07. The van der Waals surface area contributed by atoms with Crippen LogP contribution in [0.4, 0.5) is 5.69 Å². The molecule has 0 aliphatic heterocycles. The number of anilines is 1. The molecule has 106 valence electrons. The molecule has 0 atom stereocenters. The normalized spacial score (nSPS) is 11.1. The predicted molar refractivity (Wildman–Crippen MR) is 82.7 cm³/mol. The van der Waals surface area contributed by atoms with E-state index in [0.717, 1.165) is 11.3 Å². The smallest absolute Gasteiger partial charge is 0.289 e. The van der Waals surface area contributed by atoms with Gasteiger partial charge in [-0.15, -0.1) is 0 Å².